The second kappa shape index (κ2) is 3.05. The first-order chi connectivity index (χ1) is 4.36. The lowest BCUT2D eigenvalue weighted by Crippen LogP contribution is -1.87. The van der Waals surface area contributed by atoms with Crippen LogP contribution in [-0.4, -0.2) is 0 Å². The minimum absolute atomic E-state index is 1.01. The summed E-state index contributed by atoms with van der Waals surface area (Å²) in [4.78, 5) is 0. The van der Waals surface area contributed by atoms with E-state index >= 15 is 0 Å². The van der Waals surface area contributed by atoms with Crippen LogP contribution in [0.15, 0.2) is 11.6 Å². The van der Waals surface area contributed by atoms with Crippen molar-refractivity contribution in [2.45, 2.75) is 39.5 Å². The van der Waals surface area contributed by atoms with E-state index in [0.29, 0.717) is 0 Å². The fourth-order valence-electron chi connectivity index (χ4n) is 1.58. The van der Waals surface area contributed by atoms with Gasteiger partial charge >= 0.3 is 0 Å². The largest absolute Gasteiger partial charge is 0.0884 e. The number of allylic oxidation sites excluding steroid dienone is 2. The maximum atomic E-state index is 2.29. The lowest BCUT2D eigenvalue weighted by atomic mass is 10.1. The summed E-state index contributed by atoms with van der Waals surface area (Å²) in [6.07, 6.45) is 7.85. The summed E-state index contributed by atoms with van der Waals surface area (Å²) in [6, 6.07) is 0. The third-order valence-electron chi connectivity index (χ3n) is 2.41. The lowest BCUT2D eigenvalue weighted by molar-refractivity contribution is 0.537. The molecule has 1 rings (SSSR count). The summed E-state index contributed by atoms with van der Waals surface area (Å²) >= 11 is 0. The summed E-state index contributed by atoms with van der Waals surface area (Å²) < 4.78 is 0. The van der Waals surface area contributed by atoms with Crippen molar-refractivity contribution < 1.29 is 0 Å². The van der Waals surface area contributed by atoms with Gasteiger partial charge in [-0.1, -0.05) is 25.0 Å². The Hall–Kier alpha value is -0.260. The summed E-state index contributed by atoms with van der Waals surface area (Å²) in [6.45, 7) is 4.46. The van der Waals surface area contributed by atoms with E-state index in [9.17, 15) is 0 Å². The molecule has 0 aromatic heterocycles. The summed E-state index contributed by atoms with van der Waals surface area (Å²) in [7, 11) is 0. The van der Waals surface area contributed by atoms with E-state index in [0.717, 1.165) is 5.92 Å². The Labute approximate surface area is 58.0 Å². The zero-order valence-corrected chi connectivity index (χ0v) is 6.48. The molecule has 1 saturated carbocycles. The van der Waals surface area contributed by atoms with Gasteiger partial charge in [0.1, 0.15) is 0 Å². The molecule has 1 aliphatic rings. The molecule has 0 N–H and O–H groups in total. The van der Waals surface area contributed by atoms with Crippen molar-refractivity contribution in [1.29, 1.82) is 0 Å². The van der Waals surface area contributed by atoms with E-state index in [1.165, 1.54) is 25.7 Å². The average Bonchev–Trinajstić information content (AvgIpc) is 2.34. The molecule has 0 radical (unpaired) electrons. The van der Waals surface area contributed by atoms with E-state index in [-0.39, 0.29) is 0 Å². The van der Waals surface area contributed by atoms with Crippen molar-refractivity contribution in [1.82, 2.24) is 0 Å². The highest BCUT2D eigenvalue weighted by atomic mass is 14.2. The monoisotopic (exact) mass is 124 g/mol. The zero-order valence-electron chi connectivity index (χ0n) is 6.48. The van der Waals surface area contributed by atoms with Gasteiger partial charge in [-0.05, 0) is 32.1 Å². The standard InChI is InChI=1S/C9H16/c1-3-8-5-6-9(4-2)7-8/h3,9H,4-7H2,1-2H3/b8-3-. The van der Waals surface area contributed by atoms with E-state index in [1.807, 2.05) is 0 Å². The van der Waals surface area contributed by atoms with Crippen LogP contribution < -0.4 is 0 Å². The van der Waals surface area contributed by atoms with Crippen LogP contribution >= 0.6 is 0 Å². The second-order valence-corrected chi connectivity index (χ2v) is 2.96. The molecule has 0 aromatic carbocycles. The SMILES string of the molecule is C/C=C1/CCC(CC)C1. The Morgan fingerprint density at radius 3 is 2.78 bits per heavy atom. The quantitative estimate of drug-likeness (QED) is 0.471. The molecule has 0 saturated heterocycles. The number of hydrogen-bond acceptors (Lipinski definition) is 0. The van der Waals surface area contributed by atoms with Crippen molar-refractivity contribution in [3.8, 4) is 0 Å². The molecule has 1 unspecified atom stereocenters. The van der Waals surface area contributed by atoms with Gasteiger partial charge < -0.3 is 0 Å². The highest BCUT2D eigenvalue weighted by Gasteiger charge is 2.15. The Balaban J connectivity index is 2.38. The first-order valence-electron chi connectivity index (χ1n) is 4.00. The summed E-state index contributed by atoms with van der Waals surface area (Å²) in [5.41, 5.74) is 1.68. The first kappa shape index (κ1) is 6.85. The molecule has 1 fully saturated rings. The normalized spacial score (nSPS) is 31.8. The van der Waals surface area contributed by atoms with E-state index in [4.69, 9.17) is 0 Å². The van der Waals surface area contributed by atoms with Gasteiger partial charge in [-0.2, -0.15) is 0 Å². The molecule has 0 spiro atoms. The zero-order chi connectivity index (χ0) is 6.69. The number of hydrogen-bond donors (Lipinski definition) is 0. The third-order valence-corrected chi connectivity index (χ3v) is 2.41. The molecular formula is C9H16. The molecule has 0 heterocycles. The highest BCUT2D eigenvalue weighted by molar-refractivity contribution is 5.06. The predicted octanol–water partition coefficient (Wildman–Crippen LogP) is 3.14. The van der Waals surface area contributed by atoms with Gasteiger partial charge in [0.05, 0.1) is 0 Å². The fourth-order valence-corrected chi connectivity index (χ4v) is 1.58. The lowest BCUT2D eigenvalue weighted by Gasteiger charge is -2.00. The summed E-state index contributed by atoms with van der Waals surface area (Å²) in [5, 5.41) is 0. The summed E-state index contributed by atoms with van der Waals surface area (Å²) in [5.74, 6) is 1.01. The van der Waals surface area contributed by atoms with Gasteiger partial charge in [-0.25, -0.2) is 0 Å². The molecule has 0 nitrogen and oxygen atoms in total. The first-order valence-corrected chi connectivity index (χ1v) is 4.00. The van der Waals surface area contributed by atoms with E-state index < -0.39 is 0 Å². The predicted molar refractivity (Wildman–Crippen MR) is 41.4 cm³/mol. The molecule has 0 aliphatic heterocycles. The van der Waals surface area contributed by atoms with Gasteiger partial charge in [-0.15, -0.1) is 0 Å². The maximum Gasteiger partial charge on any atom is -0.0292 e. The van der Waals surface area contributed by atoms with Crippen LogP contribution in [0.2, 0.25) is 0 Å². The number of rotatable bonds is 1. The van der Waals surface area contributed by atoms with Crippen molar-refractivity contribution in [2.24, 2.45) is 5.92 Å². The molecule has 0 heteroatoms. The molecule has 0 aromatic rings. The van der Waals surface area contributed by atoms with E-state index in [2.05, 4.69) is 19.9 Å². The van der Waals surface area contributed by atoms with Crippen molar-refractivity contribution in [3.05, 3.63) is 11.6 Å². The van der Waals surface area contributed by atoms with Crippen molar-refractivity contribution in [3.63, 3.8) is 0 Å². The van der Waals surface area contributed by atoms with Crippen LogP contribution in [0.25, 0.3) is 0 Å². The minimum Gasteiger partial charge on any atom is -0.0884 e. The van der Waals surface area contributed by atoms with Crippen LogP contribution in [0.1, 0.15) is 39.5 Å². The topological polar surface area (TPSA) is 0 Å². The molecule has 0 amide bonds. The van der Waals surface area contributed by atoms with Gasteiger partial charge in [0.15, 0.2) is 0 Å². The Morgan fingerprint density at radius 1 is 1.67 bits per heavy atom. The Morgan fingerprint density at radius 2 is 2.44 bits per heavy atom. The highest BCUT2D eigenvalue weighted by Crippen LogP contribution is 2.31. The van der Waals surface area contributed by atoms with Gasteiger partial charge in [-0.3, -0.25) is 0 Å². The Bertz CT molecular complexity index is 111. The van der Waals surface area contributed by atoms with Gasteiger partial charge in [0.25, 0.3) is 0 Å². The maximum absolute atomic E-state index is 2.29. The van der Waals surface area contributed by atoms with Crippen molar-refractivity contribution in [2.75, 3.05) is 0 Å². The van der Waals surface area contributed by atoms with Crippen LogP contribution in [0.3, 0.4) is 0 Å². The molecule has 52 valence electrons. The molecule has 1 atom stereocenters. The minimum atomic E-state index is 1.01. The molecule has 0 bridgehead atoms. The molecule has 1 aliphatic carbocycles. The smallest absolute Gasteiger partial charge is 0.0292 e. The molecular weight excluding hydrogens is 108 g/mol. The van der Waals surface area contributed by atoms with Crippen LogP contribution in [0.4, 0.5) is 0 Å². The fraction of sp³-hybridized carbons (Fsp3) is 0.778. The van der Waals surface area contributed by atoms with Crippen LogP contribution in [0, 0.1) is 5.92 Å². The van der Waals surface area contributed by atoms with Crippen molar-refractivity contribution >= 4 is 0 Å². The second-order valence-electron chi connectivity index (χ2n) is 2.96. The van der Waals surface area contributed by atoms with Crippen LogP contribution in [-0.2, 0) is 0 Å². The molecule has 9 heavy (non-hydrogen) atoms. The third kappa shape index (κ3) is 1.57. The van der Waals surface area contributed by atoms with E-state index in [1.54, 1.807) is 5.57 Å². The average molecular weight is 124 g/mol. The van der Waals surface area contributed by atoms with Crippen LogP contribution in [0.5, 0.6) is 0 Å². The van der Waals surface area contributed by atoms with Gasteiger partial charge in [0, 0.05) is 0 Å². The Kier molecular flexibility index (Phi) is 2.32. The van der Waals surface area contributed by atoms with Gasteiger partial charge in [0.2, 0.25) is 0 Å².